The number of benzene rings is 1. The van der Waals surface area contributed by atoms with Crippen LogP contribution in [0.1, 0.15) is 18.4 Å². The monoisotopic (exact) mass is 221 g/mol. The Hall–Kier alpha value is -1.55. The highest BCUT2D eigenvalue weighted by molar-refractivity contribution is 5.79. The van der Waals surface area contributed by atoms with Crippen molar-refractivity contribution in [1.82, 2.24) is 5.32 Å². The van der Waals surface area contributed by atoms with Gasteiger partial charge in [0.05, 0.1) is 0 Å². The molecular formula is C12H19N3O. The smallest absolute Gasteiger partial charge is 0.139 e. The Morgan fingerprint density at radius 2 is 2.00 bits per heavy atom. The van der Waals surface area contributed by atoms with E-state index in [1.807, 2.05) is 18.2 Å². The highest BCUT2D eigenvalue weighted by Crippen LogP contribution is 1.98. The van der Waals surface area contributed by atoms with E-state index in [2.05, 4.69) is 22.6 Å². The first kappa shape index (κ1) is 12.5. The van der Waals surface area contributed by atoms with Gasteiger partial charge in [0.25, 0.3) is 0 Å². The third-order valence-electron chi connectivity index (χ3n) is 2.35. The summed E-state index contributed by atoms with van der Waals surface area (Å²) in [7, 11) is 0. The third kappa shape index (κ3) is 5.36. The van der Waals surface area contributed by atoms with Crippen LogP contribution in [0.25, 0.3) is 0 Å². The average molecular weight is 221 g/mol. The van der Waals surface area contributed by atoms with Gasteiger partial charge in [-0.3, -0.25) is 0 Å². The van der Waals surface area contributed by atoms with E-state index in [0.29, 0.717) is 12.3 Å². The topological polar surface area (TPSA) is 70.6 Å². The summed E-state index contributed by atoms with van der Waals surface area (Å²) < 4.78 is 0. The molecule has 4 heteroatoms. The first-order valence-corrected chi connectivity index (χ1v) is 5.54. The Kier molecular flexibility index (Phi) is 6.03. The number of hydrogen-bond acceptors (Lipinski definition) is 3. The summed E-state index contributed by atoms with van der Waals surface area (Å²) in [4.78, 5) is 0. The quantitative estimate of drug-likeness (QED) is 0.214. The molecule has 1 aromatic carbocycles. The Bertz CT molecular complexity index is 311. The van der Waals surface area contributed by atoms with E-state index in [9.17, 15) is 0 Å². The Morgan fingerprint density at radius 1 is 1.25 bits per heavy atom. The van der Waals surface area contributed by atoms with Gasteiger partial charge in [-0.1, -0.05) is 35.5 Å². The van der Waals surface area contributed by atoms with Crippen molar-refractivity contribution in [3.05, 3.63) is 35.9 Å². The first-order valence-electron chi connectivity index (χ1n) is 5.54. The fraction of sp³-hybridized carbons (Fsp3) is 0.417. The van der Waals surface area contributed by atoms with Crippen molar-refractivity contribution in [3.8, 4) is 0 Å². The predicted molar refractivity (Wildman–Crippen MR) is 65.7 cm³/mol. The van der Waals surface area contributed by atoms with Crippen LogP contribution >= 0.6 is 0 Å². The van der Waals surface area contributed by atoms with Gasteiger partial charge < -0.3 is 16.3 Å². The number of nitrogens with zero attached hydrogens (tertiary/aromatic N) is 1. The number of nitrogens with one attached hydrogen (secondary N) is 1. The van der Waals surface area contributed by atoms with Gasteiger partial charge in [0.1, 0.15) is 5.84 Å². The van der Waals surface area contributed by atoms with E-state index < -0.39 is 0 Å². The van der Waals surface area contributed by atoms with Crippen LogP contribution in [0.15, 0.2) is 35.5 Å². The van der Waals surface area contributed by atoms with Crippen LogP contribution < -0.4 is 11.1 Å². The minimum absolute atomic E-state index is 0.296. The van der Waals surface area contributed by atoms with E-state index in [-0.39, 0.29) is 0 Å². The molecule has 0 aliphatic rings. The highest BCUT2D eigenvalue weighted by atomic mass is 16.4. The fourth-order valence-electron chi connectivity index (χ4n) is 1.45. The lowest BCUT2D eigenvalue weighted by molar-refractivity contribution is 0.316. The molecule has 1 aromatic rings. The number of hydrogen-bond donors (Lipinski definition) is 3. The van der Waals surface area contributed by atoms with Crippen molar-refractivity contribution >= 4 is 5.84 Å². The molecular weight excluding hydrogens is 202 g/mol. The fourth-order valence-corrected chi connectivity index (χ4v) is 1.45. The predicted octanol–water partition coefficient (Wildman–Crippen LogP) is 1.35. The molecule has 0 aliphatic carbocycles. The lowest BCUT2D eigenvalue weighted by atomic mass is 10.1. The van der Waals surface area contributed by atoms with Crippen LogP contribution in [-0.4, -0.2) is 24.1 Å². The maximum Gasteiger partial charge on any atom is 0.139 e. The van der Waals surface area contributed by atoms with Crippen molar-refractivity contribution in [2.75, 3.05) is 13.1 Å². The standard InChI is InChI=1S/C12H19N3O/c13-12(15-16)7-4-9-14-10-8-11-5-2-1-3-6-11/h1-3,5-6,14,16H,4,7-10H2,(H2,13,15). The van der Waals surface area contributed by atoms with Gasteiger partial charge in [0.15, 0.2) is 0 Å². The summed E-state index contributed by atoms with van der Waals surface area (Å²) in [6, 6.07) is 10.4. The van der Waals surface area contributed by atoms with E-state index in [1.54, 1.807) is 0 Å². The van der Waals surface area contributed by atoms with Crippen LogP contribution in [0.3, 0.4) is 0 Å². The molecule has 0 fully saturated rings. The molecule has 0 bridgehead atoms. The molecule has 0 spiro atoms. The Balaban J connectivity index is 2.01. The molecule has 0 aromatic heterocycles. The number of oxime groups is 1. The Labute approximate surface area is 96.2 Å². The normalized spacial score (nSPS) is 11.6. The van der Waals surface area contributed by atoms with Crippen LogP contribution in [0.2, 0.25) is 0 Å². The Morgan fingerprint density at radius 3 is 2.69 bits per heavy atom. The van der Waals surface area contributed by atoms with Crippen molar-refractivity contribution in [1.29, 1.82) is 0 Å². The SMILES string of the molecule is NC(CCCNCCc1ccccc1)=NO. The minimum atomic E-state index is 0.296. The minimum Gasteiger partial charge on any atom is -0.409 e. The molecule has 0 saturated heterocycles. The van der Waals surface area contributed by atoms with E-state index in [0.717, 1.165) is 25.9 Å². The molecule has 0 unspecified atom stereocenters. The van der Waals surface area contributed by atoms with E-state index >= 15 is 0 Å². The summed E-state index contributed by atoms with van der Waals surface area (Å²) in [6.45, 7) is 1.85. The van der Waals surface area contributed by atoms with Crippen molar-refractivity contribution < 1.29 is 5.21 Å². The van der Waals surface area contributed by atoms with E-state index in [1.165, 1.54) is 5.56 Å². The van der Waals surface area contributed by atoms with Gasteiger partial charge in [-0.05, 0) is 31.5 Å². The molecule has 4 N–H and O–H groups in total. The average Bonchev–Trinajstić information content (AvgIpc) is 2.34. The second-order valence-corrected chi connectivity index (χ2v) is 3.68. The van der Waals surface area contributed by atoms with Crippen molar-refractivity contribution in [3.63, 3.8) is 0 Å². The van der Waals surface area contributed by atoms with Gasteiger partial charge in [-0.15, -0.1) is 0 Å². The zero-order chi connectivity index (χ0) is 11.6. The molecule has 88 valence electrons. The lowest BCUT2D eigenvalue weighted by Gasteiger charge is -2.04. The number of amidine groups is 1. The van der Waals surface area contributed by atoms with Crippen LogP contribution in [0, 0.1) is 0 Å². The highest BCUT2D eigenvalue weighted by Gasteiger charge is 1.94. The lowest BCUT2D eigenvalue weighted by Crippen LogP contribution is -2.20. The summed E-state index contributed by atoms with van der Waals surface area (Å²) in [6.07, 6.45) is 2.56. The van der Waals surface area contributed by atoms with Crippen LogP contribution in [0.4, 0.5) is 0 Å². The first-order chi connectivity index (χ1) is 7.83. The van der Waals surface area contributed by atoms with Gasteiger partial charge in [-0.2, -0.15) is 0 Å². The second-order valence-electron chi connectivity index (χ2n) is 3.68. The molecule has 0 atom stereocenters. The summed E-state index contributed by atoms with van der Waals surface area (Å²) in [5.41, 5.74) is 6.69. The summed E-state index contributed by atoms with van der Waals surface area (Å²) in [5, 5.41) is 14.6. The largest absolute Gasteiger partial charge is 0.409 e. The van der Waals surface area contributed by atoms with Crippen molar-refractivity contribution in [2.45, 2.75) is 19.3 Å². The summed E-state index contributed by atoms with van der Waals surface area (Å²) >= 11 is 0. The number of nitrogens with two attached hydrogens (primary N) is 1. The molecule has 4 nitrogen and oxygen atoms in total. The second kappa shape index (κ2) is 7.70. The molecule has 0 saturated carbocycles. The molecule has 0 heterocycles. The van der Waals surface area contributed by atoms with Gasteiger partial charge in [-0.25, -0.2) is 0 Å². The van der Waals surface area contributed by atoms with Gasteiger partial charge in [0, 0.05) is 6.42 Å². The third-order valence-corrected chi connectivity index (χ3v) is 2.35. The molecule has 0 aliphatic heterocycles. The number of rotatable bonds is 7. The molecule has 1 rings (SSSR count). The maximum atomic E-state index is 8.33. The maximum absolute atomic E-state index is 8.33. The van der Waals surface area contributed by atoms with Crippen molar-refractivity contribution in [2.24, 2.45) is 10.9 Å². The van der Waals surface area contributed by atoms with Crippen LogP contribution in [0.5, 0.6) is 0 Å². The zero-order valence-corrected chi connectivity index (χ0v) is 9.39. The summed E-state index contributed by atoms with van der Waals surface area (Å²) in [5.74, 6) is 0.296. The molecule has 0 radical (unpaired) electrons. The van der Waals surface area contributed by atoms with E-state index in [4.69, 9.17) is 10.9 Å². The van der Waals surface area contributed by atoms with Crippen LogP contribution in [-0.2, 0) is 6.42 Å². The molecule has 0 amide bonds. The van der Waals surface area contributed by atoms with Gasteiger partial charge >= 0.3 is 0 Å². The molecule has 16 heavy (non-hydrogen) atoms. The zero-order valence-electron chi connectivity index (χ0n) is 9.39. The van der Waals surface area contributed by atoms with Gasteiger partial charge in [0.2, 0.25) is 0 Å².